The highest BCUT2D eigenvalue weighted by molar-refractivity contribution is 5.98. The maximum atomic E-state index is 13.3. The van der Waals surface area contributed by atoms with Gasteiger partial charge in [-0.1, -0.05) is 42.5 Å². The number of hydrazine groups is 1. The van der Waals surface area contributed by atoms with Crippen LogP contribution in [0.1, 0.15) is 23.1 Å². The summed E-state index contributed by atoms with van der Waals surface area (Å²) in [5.41, 5.74) is 0.476. The van der Waals surface area contributed by atoms with Crippen molar-refractivity contribution in [3.05, 3.63) is 77.4 Å². The third-order valence-corrected chi connectivity index (χ3v) is 5.28. The van der Waals surface area contributed by atoms with Gasteiger partial charge in [0.25, 0.3) is 0 Å². The van der Waals surface area contributed by atoms with Gasteiger partial charge in [-0.2, -0.15) is 18.4 Å². The number of benzene rings is 3. The van der Waals surface area contributed by atoms with Crippen LogP contribution in [-0.4, -0.2) is 24.0 Å². The minimum absolute atomic E-state index is 0.0356. The average Bonchev–Trinajstić information content (AvgIpc) is 3.22. The van der Waals surface area contributed by atoms with E-state index in [1.54, 1.807) is 12.1 Å². The highest BCUT2D eigenvalue weighted by Crippen LogP contribution is 2.34. The van der Waals surface area contributed by atoms with Gasteiger partial charge in [-0.05, 0) is 30.2 Å². The molecule has 0 saturated carbocycles. The predicted molar refractivity (Wildman–Crippen MR) is 107 cm³/mol. The molecule has 152 valence electrons. The number of amides is 1. The van der Waals surface area contributed by atoms with Crippen molar-refractivity contribution in [3.63, 3.8) is 0 Å². The molecule has 0 atom stereocenters. The predicted octanol–water partition coefficient (Wildman–Crippen LogP) is 4.93. The molecule has 0 N–H and O–H groups in total. The molecule has 0 radical (unpaired) electrons. The molecule has 0 aromatic heterocycles. The zero-order chi connectivity index (χ0) is 21.3. The molecule has 1 saturated heterocycles. The summed E-state index contributed by atoms with van der Waals surface area (Å²) < 4.78 is 39.9. The second-order valence-corrected chi connectivity index (χ2v) is 7.11. The number of carbonyl (C=O) groups is 1. The van der Waals surface area contributed by atoms with E-state index in [9.17, 15) is 23.2 Å². The zero-order valence-corrected chi connectivity index (χ0v) is 16.0. The Hall–Kier alpha value is -3.53. The lowest BCUT2D eigenvalue weighted by molar-refractivity contribution is -0.138. The molecular weight excluding hydrogens is 391 g/mol. The summed E-state index contributed by atoms with van der Waals surface area (Å²) in [7, 11) is 0. The SMILES string of the molecule is N#Cc1ccc(N2CCCN2C(=O)Cc2ccccc2C(F)(F)F)c2ccccc12. The second kappa shape index (κ2) is 7.71. The molecule has 0 spiro atoms. The van der Waals surface area contributed by atoms with Gasteiger partial charge in [-0.25, -0.2) is 0 Å². The standard InChI is InChI=1S/C23H18F3N3O/c24-23(25,26)20-9-4-1-6-16(20)14-22(30)29-13-5-12-28(29)21-11-10-17(15-27)18-7-2-3-8-19(18)21/h1-4,6-11H,5,12-14H2. The molecule has 3 aromatic carbocycles. The van der Waals surface area contributed by atoms with E-state index in [0.717, 1.165) is 22.5 Å². The highest BCUT2D eigenvalue weighted by Gasteiger charge is 2.35. The van der Waals surface area contributed by atoms with E-state index in [-0.39, 0.29) is 12.0 Å². The number of carbonyl (C=O) groups excluding carboxylic acids is 1. The van der Waals surface area contributed by atoms with Crippen LogP contribution in [0.15, 0.2) is 60.7 Å². The van der Waals surface area contributed by atoms with Gasteiger partial charge in [-0.15, -0.1) is 0 Å². The number of hydrogen-bond acceptors (Lipinski definition) is 3. The van der Waals surface area contributed by atoms with E-state index in [1.807, 2.05) is 29.3 Å². The van der Waals surface area contributed by atoms with Crippen LogP contribution in [0.5, 0.6) is 0 Å². The summed E-state index contributed by atoms with van der Waals surface area (Å²) in [6.07, 6.45) is -4.13. The van der Waals surface area contributed by atoms with Crippen LogP contribution in [0.25, 0.3) is 10.8 Å². The maximum absolute atomic E-state index is 13.3. The number of alkyl halides is 3. The molecule has 1 aliphatic heterocycles. The number of nitrogens with zero attached hydrogens (tertiary/aromatic N) is 3. The minimum atomic E-state index is -4.51. The van der Waals surface area contributed by atoms with E-state index in [2.05, 4.69) is 6.07 Å². The van der Waals surface area contributed by atoms with Gasteiger partial charge in [-0.3, -0.25) is 14.8 Å². The van der Waals surface area contributed by atoms with E-state index in [0.29, 0.717) is 25.1 Å². The summed E-state index contributed by atoms with van der Waals surface area (Å²) in [5.74, 6) is -0.391. The Morgan fingerprint density at radius 2 is 1.67 bits per heavy atom. The smallest absolute Gasteiger partial charge is 0.282 e. The Bertz CT molecular complexity index is 1150. The molecule has 0 bridgehead atoms. The number of fused-ring (bicyclic) bond motifs is 1. The molecule has 4 nitrogen and oxygen atoms in total. The van der Waals surface area contributed by atoms with Gasteiger partial charge in [0, 0.05) is 23.9 Å². The number of anilines is 1. The monoisotopic (exact) mass is 409 g/mol. The van der Waals surface area contributed by atoms with Crippen LogP contribution in [0.2, 0.25) is 0 Å². The van der Waals surface area contributed by atoms with Gasteiger partial charge in [0.2, 0.25) is 5.91 Å². The van der Waals surface area contributed by atoms with Crippen LogP contribution in [-0.2, 0) is 17.4 Å². The van der Waals surface area contributed by atoms with Crippen molar-refractivity contribution >= 4 is 22.4 Å². The van der Waals surface area contributed by atoms with Crippen molar-refractivity contribution in [2.75, 3.05) is 18.1 Å². The van der Waals surface area contributed by atoms with E-state index in [1.165, 1.54) is 23.2 Å². The summed E-state index contributed by atoms with van der Waals surface area (Å²) in [5, 5.41) is 14.3. The number of nitriles is 1. The summed E-state index contributed by atoms with van der Waals surface area (Å²) in [6, 6.07) is 18.3. The third kappa shape index (κ3) is 3.57. The van der Waals surface area contributed by atoms with Gasteiger partial charge in [0.05, 0.1) is 29.3 Å². The number of hydrogen-bond donors (Lipinski definition) is 0. The lowest BCUT2D eigenvalue weighted by Gasteiger charge is -2.31. The Labute approximate surface area is 171 Å². The van der Waals surface area contributed by atoms with Gasteiger partial charge < -0.3 is 0 Å². The Balaban J connectivity index is 1.67. The normalized spacial score (nSPS) is 14.2. The molecule has 1 heterocycles. The van der Waals surface area contributed by atoms with E-state index in [4.69, 9.17) is 0 Å². The van der Waals surface area contributed by atoms with Gasteiger partial charge >= 0.3 is 6.18 Å². The molecule has 7 heteroatoms. The molecule has 1 aliphatic rings. The van der Waals surface area contributed by atoms with Crippen molar-refractivity contribution in [3.8, 4) is 6.07 Å². The Kier molecular flexibility index (Phi) is 5.08. The van der Waals surface area contributed by atoms with E-state index < -0.39 is 17.6 Å². The van der Waals surface area contributed by atoms with Crippen molar-refractivity contribution < 1.29 is 18.0 Å². The average molecular weight is 409 g/mol. The zero-order valence-electron chi connectivity index (χ0n) is 16.0. The molecule has 1 fully saturated rings. The van der Waals surface area contributed by atoms with Crippen LogP contribution in [0, 0.1) is 11.3 Å². The first-order valence-corrected chi connectivity index (χ1v) is 9.55. The quantitative estimate of drug-likeness (QED) is 0.617. The fraction of sp³-hybridized carbons (Fsp3) is 0.217. The van der Waals surface area contributed by atoms with Crippen molar-refractivity contribution in [1.82, 2.24) is 5.01 Å². The molecular formula is C23H18F3N3O. The molecule has 4 rings (SSSR count). The number of rotatable bonds is 3. The Morgan fingerprint density at radius 1 is 0.967 bits per heavy atom. The first kappa shape index (κ1) is 19.8. The fourth-order valence-corrected chi connectivity index (χ4v) is 3.93. The van der Waals surface area contributed by atoms with Crippen LogP contribution in [0.3, 0.4) is 0 Å². The lowest BCUT2D eigenvalue weighted by atomic mass is 10.0. The van der Waals surface area contributed by atoms with Crippen molar-refractivity contribution in [2.24, 2.45) is 0 Å². The van der Waals surface area contributed by atoms with Crippen molar-refractivity contribution in [1.29, 1.82) is 5.26 Å². The maximum Gasteiger partial charge on any atom is 0.416 e. The van der Waals surface area contributed by atoms with Gasteiger partial charge in [0.15, 0.2) is 0 Å². The third-order valence-electron chi connectivity index (χ3n) is 5.28. The van der Waals surface area contributed by atoms with E-state index >= 15 is 0 Å². The number of halogens is 3. The summed E-state index contributed by atoms with van der Waals surface area (Å²) in [6.45, 7) is 1.00. The fourth-order valence-electron chi connectivity index (χ4n) is 3.93. The first-order chi connectivity index (χ1) is 14.4. The van der Waals surface area contributed by atoms with Crippen LogP contribution < -0.4 is 5.01 Å². The molecule has 30 heavy (non-hydrogen) atoms. The summed E-state index contributed by atoms with van der Waals surface area (Å²) >= 11 is 0. The second-order valence-electron chi connectivity index (χ2n) is 7.11. The molecule has 0 unspecified atom stereocenters. The first-order valence-electron chi connectivity index (χ1n) is 9.55. The van der Waals surface area contributed by atoms with Crippen molar-refractivity contribution in [2.45, 2.75) is 19.0 Å². The highest BCUT2D eigenvalue weighted by atomic mass is 19.4. The Morgan fingerprint density at radius 3 is 2.40 bits per heavy atom. The lowest BCUT2D eigenvalue weighted by Crippen LogP contribution is -2.42. The molecule has 0 aliphatic carbocycles. The topological polar surface area (TPSA) is 47.3 Å². The van der Waals surface area contributed by atoms with Gasteiger partial charge in [0.1, 0.15) is 0 Å². The molecule has 1 amide bonds. The van der Waals surface area contributed by atoms with Crippen LogP contribution in [0.4, 0.5) is 18.9 Å². The largest absolute Gasteiger partial charge is 0.416 e. The minimum Gasteiger partial charge on any atom is -0.282 e. The summed E-state index contributed by atoms with van der Waals surface area (Å²) in [4.78, 5) is 13.0. The molecule has 3 aromatic rings. The van der Waals surface area contributed by atoms with Crippen LogP contribution >= 0.6 is 0 Å².